The Hall–Kier alpha value is -8.37. The minimum absolute atomic E-state index is 0.477. The van der Waals surface area contributed by atoms with Gasteiger partial charge >= 0.3 is 0 Å². The molecule has 262 valence electrons. The van der Waals surface area contributed by atoms with Gasteiger partial charge < -0.3 is 13.7 Å². The molecule has 0 spiro atoms. The van der Waals surface area contributed by atoms with Gasteiger partial charge in [0, 0.05) is 38.3 Å². The molecule has 0 saturated heterocycles. The molecule has 8 aromatic carbocycles. The van der Waals surface area contributed by atoms with Crippen molar-refractivity contribution in [1.29, 1.82) is 5.26 Å². The smallest absolute Gasteiger partial charge is 0.211 e. The number of aromatic nitrogens is 3. The summed E-state index contributed by atoms with van der Waals surface area (Å²) < 4.78 is 6.68. The Bertz CT molecular complexity index is 3560. The topological polar surface area (TPSA) is 47.3 Å². The van der Waals surface area contributed by atoms with Gasteiger partial charge in [0.25, 0.3) is 0 Å². The second-order valence-electron chi connectivity index (χ2n) is 14.2. The normalized spacial score (nSPS) is 11.5. The summed E-state index contributed by atoms with van der Waals surface area (Å²) in [5, 5.41) is 17.2. The molecule has 11 rings (SSSR count). The summed E-state index contributed by atoms with van der Waals surface area (Å²) in [5.41, 5.74) is 12.1. The van der Waals surface area contributed by atoms with Crippen LogP contribution in [0.3, 0.4) is 0 Å². The van der Waals surface area contributed by atoms with E-state index in [0.29, 0.717) is 22.6 Å². The van der Waals surface area contributed by atoms with E-state index in [4.69, 9.17) is 13.1 Å². The van der Waals surface area contributed by atoms with Gasteiger partial charge in [-0.1, -0.05) is 97.1 Å². The highest BCUT2D eigenvalue weighted by atomic mass is 15.0. The molecule has 3 aromatic heterocycles. The number of nitrogens with zero attached hydrogens (tertiary/aromatic N) is 6. The zero-order valence-corrected chi connectivity index (χ0v) is 30.3. The maximum atomic E-state index is 10.5. The minimum atomic E-state index is 0.477. The number of fused-ring (bicyclic) bond motifs is 9. The summed E-state index contributed by atoms with van der Waals surface area (Å²) in [4.78, 5) is 7.71. The van der Waals surface area contributed by atoms with Crippen LogP contribution >= 0.6 is 0 Å². The molecule has 0 radical (unpaired) electrons. The second-order valence-corrected chi connectivity index (χ2v) is 14.2. The largest absolute Gasteiger partial charge is 0.319 e. The van der Waals surface area contributed by atoms with Gasteiger partial charge in [0.15, 0.2) is 5.69 Å². The van der Waals surface area contributed by atoms with Crippen molar-refractivity contribution in [1.82, 2.24) is 13.7 Å². The summed E-state index contributed by atoms with van der Waals surface area (Å²) in [6.45, 7) is 15.9. The molecule has 0 aliphatic heterocycles. The van der Waals surface area contributed by atoms with Crippen LogP contribution in [0.25, 0.3) is 103 Å². The van der Waals surface area contributed by atoms with E-state index in [1.54, 1.807) is 0 Å². The Morgan fingerprint density at radius 1 is 0.421 bits per heavy atom. The van der Waals surface area contributed by atoms with Crippen molar-refractivity contribution in [3.8, 4) is 34.3 Å². The van der Waals surface area contributed by atoms with Crippen molar-refractivity contribution in [2.75, 3.05) is 0 Å². The minimum Gasteiger partial charge on any atom is -0.319 e. The third-order valence-corrected chi connectivity index (χ3v) is 11.3. The van der Waals surface area contributed by atoms with Crippen molar-refractivity contribution in [3.05, 3.63) is 198 Å². The zero-order chi connectivity index (χ0) is 38.2. The van der Waals surface area contributed by atoms with Gasteiger partial charge in [0.2, 0.25) is 5.69 Å². The fraction of sp³-hybridized carbons (Fsp3) is 0. The van der Waals surface area contributed by atoms with Gasteiger partial charge in [0.1, 0.15) is 0 Å². The summed E-state index contributed by atoms with van der Waals surface area (Å²) in [6.07, 6.45) is 0. The Balaban J connectivity index is 1.07. The Kier molecular flexibility index (Phi) is 6.95. The van der Waals surface area contributed by atoms with Crippen LogP contribution in [0.1, 0.15) is 5.56 Å². The Morgan fingerprint density at radius 2 is 0.930 bits per heavy atom. The fourth-order valence-electron chi connectivity index (χ4n) is 8.83. The van der Waals surface area contributed by atoms with E-state index < -0.39 is 0 Å². The summed E-state index contributed by atoms with van der Waals surface area (Å²) >= 11 is 0. The number of nitriles is 1. The molecule has 3 heterocycles. The van der Waals surface area contributed by atoms with Crippen molar-refractivity contribution in [2.45, 2.75) is 0 Å². The first kappa shape index (κ1) is 32.1. The van der Waals surface area contributed by atoms with E-state index in [9.17, 15) is 5.26 Å². The molecule has 11 aromatic rings. The lowest BCUT2D eigenvalue weighted by molar-refractivity contribution is 1.15. The molecule has 0 aliphatic carbocycles. The fourth-order valence-corrected chi connectivity index (χ4v) is 8.83. The van der Waals surface area contributed by atoms with Gasteiger partial charge in [-0.15, -0.1) is 0 Å². The molecular weight excluding hydrogens is 697 g/mol. The number of rotatable bonds is 4. The van der Waals surface area contributed by atoms with Crippen LogP contribution in [0, 0.1) is 24.5 Å². The molecule has 0 bridgehead atoms. The molecule has 0 N–H and O–H groups in total. The number of hydrogen-bond acceptors (Lipinski definition) is 1. The zero-order valence-electron chi connectivity index (χ0n) is 30.3. The number of para-hydroxylation sites is 4. The van der Waals surface area contributed by atoms with Crippen LogP contribution in [0.5, 0.6) is 0 Å². The standard InChI is InChI=1S/C51H28N6/c1-53-34-21-26-49-43(28-34)40-14-6-8-16-46(40)56(49)36-24-25-41-39-13-3-7-15-45(39)55(50(41)29-36)35-22-19-32(20-23-35)42-30-44(54-2)51(27-33(42)31-52)57-47-17-9-4-11-37(47)38-12-5-10-18-48(38)57/h3-30H. The maximum absolute atomic E-state index is 10.5. The molecule has 0 atom stereocenters. The lowest BCUT2D eigenvalue weighted by atomic mass is 9.98. The number of hydrogen-bond donors (Lipinski definition) is 0. The third-order valence-electron chi connectivity index (χ3n) is 11.3. The quantitative estimate of drug-likeness (QED) is 0.167. The summed E-state index contributed by atoms with van der Waals surface area (Å²) in [6, 6.07) is 60.2. The summed E-state index contributed by atoms with van der Waals surface area (Å²) in [7, 11) is 0. The SMILES string of the molecule is [C-]#[N+]c1ccc2c(c1)c1ccccc1n2-c1ccc2c3ccccc3n(-c3ccc(-c4cc([N+]#[C-])c(-n5c6ccccc6c6ccccc65)cc4C#N)cc3)c2c1. The summed E-state index contributed by atoms with van der Waals surface area (Å²) in [5.74, 6) is 0. The van der Waals surface area contributed by atoms with Crippen molar-refractivity contribution < 1.29 is 0 Å². The van der Waals surface area contributed by atoms with Crippen LogP contribution in [-0.4, -0.2) is 13.7 Å². The van der Waals surface area contributed by atoms with Crippen LogP contribution in [-0.2, 0) is 0 Å². The molecule has 57 heavy (non-hydrogen) atoms. The van der Waals surface area contributed by atoms with Crippen LogP contribution in [0.15, 0.2) is 170 Å². The average molecular weight is 725 g/mol. The maximum Gasteiger partial charge on any atom is 0.211 e. The highest BCUT2D eigenvalue weighted by Crippen LogP contribution is 2.41. The predicted octanol–water partition coefficient (Wildman–Crippen LogP) is 13.6. The average Bonchev–Trinajstić information content (AvgIpc) is 3.91. The Morgan fingerprint density at radius 3 is 1.51 bits per heavy atom. The molecule has 0 saturated carbocycles. The van der Waals surface area contributed by atoms with Crippen molar-refractivity contribution >= 4 is 76.8 Å². The van der Waals surface area contributed by atoms with Crippen molar-refractivity contribution in [2.24, 2.45) is 0 Å². The lowest BCUT2D eigenvalue weighted by Gasteiger charge is -2.15. The van der Waals surface area contributed by atoms with Gasteiger partial charge in [-0.05, 0) is 89.3 Å². The highest BCUT2D eigenvalue weighted by molar-refractivity contribution is 6.13. The van der Waals surface area contributed by atoms with Crippen LogP contribution in [0.2, 0.25) is 0 Å². The predicted molar refractivity (Wildman–Crippen MR) is 232 cm³/mol. The van der Waals surface area contributed by atoms with Gasteiger partial charge in [-0.3, -0.25) is 0 Å². The monoisotopic (exact) mass is 724 g/mol. The molecule has 0 aliphatic rings. The first-order valence-corrected chi connectivity index (χ1v) is 18.6. The van der Waals surface area contributed by atoms with E-state index >= 15 is 0 Å². The van der Waals surface area contributed by atoms with E-state index in [1.165, 1.54) is 0 Å². The van der Waals surface area contributed by atoms with E-state index in [0.717, 1.165) is 87.9 Å². The van der Waals surface area contributed by atoms with Gasteiger partial charge in [-0.2, -0.15) is 5.26 Å². The first-order chi connectivity index (χ1) is 28.1. The van der Waals surface area contributed by atoms with Crippen molar-refractivity contribution in [3.63, 3.8) is 0 Å². The van der Waals surface area contributed by atoms with Crippen LogP contribution < -0.4 is 0 Å². The molecular formula is C51H28N6. The molecule has 6 nitrogen and oxygen atoms in total. The molecule has 0 unspecified atom stereocenters. The second kappa shape index (κ2) is 12.3. The van der Waals surface area contributed by atoms with Crippen LogP contribution in [0.4, 0.5) is 11.4 Å². The number of benzene rings is 8. The highest BCUT2D eigenvalue weighted by Gasteiger charge is 2.20. The van der Waals surface area contributed by atoms with E-state index in [1.807, 2.05) is 72.8 Å². The Labute approximate surface area is 327 Å². The first-order valence-electron chi connectivity index (χ1n) is 18.6. The van der Waals surface area contributed by atoms with Gasteiger partial charge in [0.05, 0.1) is 63.6 Å². The lowest BCUT2D eigenvalue weighted by Crippen LogP contribution is -1.98. The molecule has 6 heteroatoms. The van der Waals surface area contributed by atoms with E-state index in [2.05, 4.69) is 127 Å². The van der Waals surface area contributed by atoms with E-state index in [-0.39, 0.29) is 0 Å². The molecule has 0 fully saturated rings. The third kappa shape index (κ3) is 4.68. The molecule has 0 amide bonds. The van der Waals surface area contributed by atoms with Gasteiger partial charge in [-0.25, -0.2) is 9.69 Å².